The van der Waals surface area contributed by atoms with E-state index < -0.39 is 0 Å². The number of benzene rings is 1. The fourth-order valence-corrected chi connectivity index (χ4v) is 2.30. The predicted molar refractivity (Wildman–Crippen MR) is 81.6 cm³/mol. The van der Waals surface area contributed by atoms with Gasteiger partial charge in [0.2, 0.25) is 0 Å². The lowest BCUT2D eigenvalue weighted by Crippen LogP contribution is -2.31. The number of hydrogen-bond acceptors (Lipinski definition) is 3. The van der Waals surface area contributed by atoms with Crippen molar-refractivity contribution in [3.8, 4) is 5.75 Å². The molecular weight excluding hydrogens is 236 g/mol. The summed E-state index contributed by atoms with van der Waals surface area (Å²) in [5, 5.41) is 0. The highest BCUT2D eigenvalue weighted by molar-refractivity contribution is 5.37. The summed E-state index contributed by atoms with van der Waals surface area (Å²) in [7, 11) is 3.86. The summed E-state index contributed by atoms with van der Waals surface area (Å²) in [4.78, 5) is 2.35. The van der Waals surface area contributed by atoms with Crippen molar-refractivity contribution in [1.29, 1.82) is 0 Å². The minimum absolute atomic E-state index is 0.281. The summed E-state index contributed by atoms with van der Waals surface area (Å²) < 4.78 is 5.31. The number of rotatable bonds is 7. The molecule has 0 saturated heterocycles. The second-order valence-electron chi connectivity index (χ2n) is 5.64. The predicted octanol–water partition coefficient (Wildman–Crippen LogP) is 2.98. The number of hydrogen-bond donors (Lipinski definition) is 1. The normalized spacial score (nSPS) is 13.1. The van der Waals surface area contributed by atoms with Crippen molar-refractivity contribution in [3.63, 3.8) is 0 Å². The fraction of sp³-hybridized carbons (Fsp3) is 0.625. The zero-order valence-corrected chi connectivity index (χ0v) is 12.9. The summed E-state index contributed by atoms with van der Waals surface area (Å²) in [5.41, 5.74) is 8.39. The van der Waals surface area contributed by atoms with Crippen LogP contribution in [0.15, 0.2) is 18.2 Å². The van der Waals surface area contributed by atoms with Crippen molar-refractivity contribution in [2.45, 2.75) is 33.2 Å². The van der Waals surface area contributed by atoms with E-state index in [0.29, 0.717) is 6.54 Å². The first-order valence-corrected chi connectivity index (χ1v) is 7.04. The molecule has 0 spiro atoms. The van der Waals surface area contributed by atoms with E-state index >= 15 is 0 Å². The molecule has 0 aliphatic heterocycles. The van der Waals surface area contributed by atoms with Gasteiger partial charge in [0.15, 0.2) is 0 Å². The second kappa shape index (κ2) is 7.51. The summed E-state index contributed by atoms with van der Waals surface area (Å²) in [5.74, 6) is 1.66. The van der Waals surface area contributed by atoms with Gasteiger partial charge >= 0.3 is 0 Å². The maximum absolute atomic E-state index is 5.96. The molecule has 3 heteroatoms. The van der Waals surface area contributed by atoms with E-state index in [-0.39, 0.29) is 6.04 Å². The topological polar surface area (TPSA) is 38.5 Å². The highest BCUT2D eigenvalue weighted by atomic mass is 16.5. The van der Waals surface area contributed by atoms with Gasteiger partial charge in [0.05, 0.1) is 7.11 Å². The molecular formula is C16H28N2O. The van der Waals surface area contributed by atoms with E-state index in [9.17, 15) is 0 Å². The maximum atomic E-state index is 5.96. The van der Waals surface area contributed by atoms with Crippen LogP contribution < -0.4 is 10.5 Å². The highest BCUT2D eigenvalue weighted by Crippen LogP contribution is 2.25. The largest absolute Gasteiger partial charge is 0.496 e. The molecule has 0 aromatic heterocycles. The van der Waals surface area contributed by atoms with E-state index in [1.165, 1.54) is 12.0 Å². The Kier molecular flexibility index (Phi) is 6.32. The van der Waals surface area contributed by atoms with Crippen molar-refractivity contribution in [2.75, 3.05) is 27.2 Å². The Morgan fingerprint density at radius 3 is 2.47 bits per heavy atom. The lowest BCUT2D eigenvalue weighted by molar-refractivity contribution is 0.236. The molecule has 19 heavy (non-hydrogen) atoms. The van der Waals surface area contributed by atoms with E-state index in [4.69, 9.17) is 10.5 Å². The van der Waals surface area contributed by atoms with Crippen LogP contribution in [0.3, 0.4) is 0 Å². The molecule has 108 valence electrons. The molecule has 0 aliphatic rings. The number of nitrogens with two attached hydrogens (primary N) is 1. The zero-order valence-electron chi connectivity index (χ0n) is 12.9. The third-order valence-electron chi connectivity index (χ3n) is 3.62. The average Bonchev–Trinajstić information content (AvgIpc) is 2.37. The SMILES string of the molecule is COc1ccc(C(CN)N(C)CCC(C)C)cc1C. The first-order valence-electron chi connectivity index (χ1n) is 7.04. The van der Waals surface area contributed by atoms with Gasteiger partial charge in [-0.25, -0.2) is 0 Å². The lowest BCUT2D eigenvalue weighted by atomic mass is 10.0. The van der Waals surface area contributed by atoms with Crippen LogP contribution in [0, 0.1) is 12.8 Å². The lowest BCUT2D eigenvalue weighted by Gasteiger charge is -2.28. The van der Waals surface area contributed by atoms with E-state index in [1.54, 1.807) is 7.11 Å². The number of likely N-dealkylation sites (N-methyl/N-ethyl adjacent to an activating group) is 1. The molecule has 0 amide bonds. The summed E-state index contributed by atoms with van der Waals surface area (Å²) >= 11 is 0. The maximum Gasteiger partial charge on any atom is 0.121 e. The average molecular weight is 264 g/mol. The van der Waals surface area contributed by atoms with Gasteiger partial charge in [0, 0.05) is 12.6 Å². The number of ether oxygens (including phenoxy) is 1. The van der Waals surface area contributed by atoms with E-state index in [0.717, 1.165) is 23.8 Å². The molecule has 0 radical (unpaired) electrons. The van der Waals surface area contributed by atoms with Crippen LogP contribution in [0.1, 0.15) is 37.4 Å². The Hall–Kier alpha value is -1.06. The highest BCUT2D eigenvalue weighted by Gasteiger charge is 2.16. The summed E-state index contributed by atoms with van der Waals surface area (Å²) in [6.07, 6.45) is 1.20. The molecule has 1 aromatic carbocycles. The zero-order chi connectivity index (χ0) is 14.4. The van der Waals surface area contributed by atoms with Crippen LogP contribution in [0.2, 0.25) is 0 Å². The van der Waals surface area contributed by atoms with E-state index in [2.05, 4.69) is 44.9 Å². The summed E-state index contributed by atoms with van der Waals surface area (Å²) in [6, 6.07) is 6.62. The van der Waals surface area contributed by atoms with Crippen LogP contribution in [0.5, 0.6) is 5.75 Å². The van der Waals surface area contributed by atoms with E-state index in [1.807, 2.05) is 6.07 Å². The van der Waals surface area contributed by atoms with Gasteiger partial charge in [-0.05, 0) is 50.0 Å². The van der Waals surface area contributed by atoms with Crippen LogP contribution in [0.25, 0.3) is 0 Å². The minimum Gasteiger partial charge on any atom is -0.496 e. The fourth-order valence-electron chi connectivity index (χ4n) is 2.30. The first kappa shape index (κ1) is 16.0. The molecule has 1 aromatic rings. The van der Waals surface area contributed by atoms with Crippen molar-refractivity contribution in [2.24, 2.45) is 11.7 Å². The molecule has 0 bridgehead atoms. The molecule has 0 saturated carbocycles. The van der Waals surface area contributed by atoms with Crippen LogP contribution in [-0.4, -0.2) is 32.1 Å². The first-order chi connectivity index (χ1) is 8.99. The number of methoxy groups -OCH3 is 1. The van der Waals surface area contributed by atoms with Crippen molar-refractivity contribution < 1.29 is 4.74 Å². The minimum atomic E-state index is 0.281. The molecule has 0 heterocycles. The number of nitrogens with zero attached hydrogens (tertiary/aromatic N) is 1. The van der Waals surface area contributed by atoms with Crippen LogP contribution >= 0.6 is 0 Å². The molecule has 0 aliphatic carbocycles. The monoisotopic (exact) mass is 264 g/mol. The smallest absolute Gasteiger partial charge is 0.121 e. The van der Waals surface area contributed by atoms with Crippen molar-refractivity contribution >= 4 is 0 Å². The molecule has 0 fully saturated rings. The van der Waals surface area contributed by atoms with Crippen LogP contribution in [0.4, 0.5) is 0 Å². The molecule has 3 nitrogen and oxygen atoms in total. The van der Waals surface area contributed by atoms with Gasteiger partial charge in [0.25, 0.3) is 0 Å². The van der Waals surface area contributed by atoms with Gasteiger partial charge in [-0.3, -0.25) is 4.90 Å². The third kappa shape index (κ3) is 4.51. The Bertz CT molecular complexity index is 390. The van der Waals surface area contributed by atoms with Gasteiger partial charge < -0.3 is 10.5 Å². The van der Waals surface area contributed by atoms with Crippen LogP contribution in [-0.2, 0) is 0 Å². The Morgan fingerprint density at radius 1 is 1.32 bits per heavy atom. The molecule has 1 atom stereocenters. The standard InChI is InChI=1S/C16H28N2O/c1-12(2)8-9-18(4)15(11-17)14-6-7-16(19-5)13(3)10-14/h6-7,10,12,15H,8-9,11,17H2,1-5H3. The Labute approximate surface area is 117 Å². The second-order valence-corrected chi connectivity index (χ2v) is 5.64. The van der Waals surface area contributed by atoms with Gasteiger partial charge in [-0.2, -0.15) is 0 Å². The van der Waals surface area contributed by atoms with Crippen molar-refractivity contribution in [3.05, 3.63) is 29.3 Å². The number of aryl methyl sites for hydroxylation is 1. The molecule has 2 N–H and O–H groups in total. The Balaban J connectivity index is 2.81. The molecule has 1 unspecified atom stereocenters. The van der Waals surface area contributed by atoms with Gasteiger partial charge in [-0.15, -0.1) is 0 Å². The van der Waals surface area contributed by atoms with Gasteiger partial charge in [0.1, 0.15) is 5.75 Å². The Morgan fingerprint density at radius 2 is 2.00 bits per heavy atom. The quantitative estimate of drug-likeness (QED) is 0.823. The third-order valence-corrected chi connectivity index (χ3v) is 3.62. The summed E-state index contributed by atoms with van der Waals surface area (Å²) in [6.45, 7) is 8.29. The van der Waals surface area contributed by atoms with Gasteiger partial charge in [-0.1, -0.05) is 26.0 Å². The van der Waals surface area contributed by atoms with Crippen molar-refractivity contribution in [1.82, 2.24) is 4.90 Å². The molecule has 1 rings (SSSR count).